The Morgan fingerprint density at radius 2 is 1.28 bits per heavy atom. The van der Waals surface area contributed by atoms with Gasteiger partial charge in [-0.15, -0.1) is 11.8 Å². The van der Waals surface area contributed by atoms with Gasteiger partial charge in [0.05, 0.1) is 17.1 Å². The van der Waals surface area contributed by atoms with Crippen molar-refractivity contribution >= 4 is 29.0 Å². The molecule has 1 heterocycles. The minimum Gasteiger partial charge on any atom is -0.280 e. The molecule has 2 nitrogen and oxygen atoms in total. The molecule has 3 aromatic carbocycles. The van der Waals surface area contributed by atoms with Gasteiger partial charge in [0.1, 0.15) is 0 Å². The summed E-state index contributed by atoms with van der Waals surface area (Å²) >= 11 is 1.59. The van der Waals surface area contributed by atoms with Crippen molar-refractivity contribution in [1.82, 2.24) is 0 Å². The predicted molar refractivity (Wildman–Crippen MR) is 105 cm³/mol. The van der Waals surface area contributed by atoms with Crippen LogP contribution in [0.5, 0.6) is 0 Å². The summed E-state index contributed by atoms with van der Waals surface area (Å²) in [7, 11) is 0. The highest BCUT2D eigenvalue weighted by Crippen LogP contribution is 2.36. The maximum atomic E-state index is 13.2. The Morgan fingerprint density at radius 1 is 0.760 bits per heavy atom. The van der Waals surface area contributed by atoms with Crippen molar-refractivity contribution in [2.24, 2.45) is 0 Å². The molecule has 124 valence electrons. The van der Waals surface area contributed by atoms with Crippen LogP contribution in [-0.2, 0) is 17.6 Å². The van der Waals surface area contributed by atoms with Crippen LogP contribution in [0.1, 0.15) is 11.1 Å². The molecule has 0 saturated carbocycles. The van der Waals surface area contributed by atoms with E-state index >= 15 is 0 Å². The van der Waals surface area contributed by atoms with Crippen LogP contribution in [0.2, 0.25) is 0 Å². The van der Waals surface area contributed by atoms with Gasteiger partial charge in [0, 0.05) is 4.90 Å². The summed E-state index contributed by atoms with van der Waals surface area (Å²) in [6, 6.07) is 26.6. The SMILES string of the molecule is O=C(CSc1ccccc1)N1c2ccccc2CCc2ccccc21. The Balaban J connectivity index is 1.68. The highest BCUT2D eigenvalue weighted by Gasteiger charge is 2.25. The van der Waals surface area contributed by atoms with Gasteiger partial charge in [-0.2, -0.15) is 0 Å². The van der Waals surface area contributed by atoms with Crippen LogP contribution in [0.4, 0.5) is 11.4 Å². The van der Waals surface area contributed by atoms with Crippen LogP contribution in [0.3, 0.4) is 0 Å². The van der Waals surface area contributed by atoms with E-state index in [9.17, 15) is 4.79 Å². The molecule has 0 aromatic heterocycles. The van der Waals surface area contributed by atoms with E-state index in [-0.39, 0.29) is 5.91 Å². The van der Waals surface area contributed by atoms with Crippen LogP contribution < -0.4 is 4.90 Å². The van der Waals surface area contributed by atoms with E-state index in [1.165, 1.54) is 11.1 Å². The van der Waals surface area contributed by atoms with E-state index in [4.69, 9.17) is 0 Å². The largest absolute Gasteiger partial charge is 0.280 e. The van der Waals surface area contributed by atoms with Gasteiger partial charge >= 0.3 is 0 Å². The molecular weight excluding hydrogens is 326 g/mol. The zero-order valence-corrected chi connectivity index (χ0v) is 14.7. The number of hydrogen-bond donors (Lipinski definition) is 0. The van der Waals surface area contributed by atoms with Crippen molar-refractivity contribution < 1.29 is 4.79 Å². The lowest BCUT2D eigenvalue weighted by atomic mass is 10.0. The number of anilines is 2. The number of carbonyl (C=O) groups is 1. The minimum absolute atomic E-state index is 0.121. The smallest absolute Gasteiger partial charge is 0.241 e. The maximum absolute atomic E-state index is 13.2. The molecule has 0 N–H and O–H groups in total. The molecule has 1 aliphatic rings. The number of para-hydroxylation sites is 2. The molecule has 0 saturated heterocycles. The summed E-state index contributed by atoms with van der Waals surface area (Å²) in [6.07, 6.45) is 1.92. The number of hydrogen-bond acceptors (Lipinski definition) is 2. The minimum atomic E-state index is 0.121. The van der Waals surface area contributed by atoms with Crippen LogP contribution in [0, 0.1) is 0 Å². The summed E-state index contributed by atoms with van der Waals surface area (Å²) in [6.45, 7) is 0. The molecule has 0 bridgehead atoms. The summed E-state index contributed by atoms with van der Waals surface area (Å²) in [5.41, 5.74) is 4.51. The molecule has 1 amide bonds. The van der Waals surface area contributed by atoms with E-state index < -0.39 is 0 Å². The fourth-order valence-electron chi connectivity index (χ4n) is 3.27. The fraction of sp³-hybridized carbons (Fsp3) is 0.136. The predicted octanol–water partition coefficient (Wildman–Crippen LogP) is 5.24. The number of thioether (sulfide) groups is 1. The van der Waals surface area contributed by atoms with Gasteiger partial charge < -0.3 is 0 Å². The molecule has 3 heteroatoms. The lowest BCUT2D eigenvalue weighted by molar-refractivity contribution is -0.115. The zero-order valence-electron chi connectivity index (χ0n) is 13.9. The number of benzene rings is 3. The van der Waals surface area contributed by atoms with E-state index in [1.807, 2.05) is 47.4 Å². The summed E-state index contributed by atoms with van der Waals surface area (Å²) in [4.78, 5) is 16.2. The second-order valence-electron chi connectivity index (χ2n) is 6.09. The van der Waals surface area contributed by atoms with Crippen LogP contribution >= 0.6 is 11.8 Å². The third-order valence-corrected chi connectivity index (χ3v) is 5.48. The van der Waals surface area contributed by atoms with E-state index in [1.54, 1.807) is 11.8 Å². The molecule has 0 atom stereocenters. The average molecular weight is 345 g/mol. The van der Waals surface area contributed by atoms with Crippen LogP contribution in [0.25, 0.3) is 0 Å². The van der Waals surface area contributed by atoms with E-state index in [0.29, 0.717) is 5.75 Å². The molecule has 0 fully saturated rings. The Bertz CT molecular complexity index is 844. The summed E-state index contributed by atoms with van der Waals surface area (Å²) < 4.78 is 0. The first kappa shape index (κ1) is 16.0. The lowest BCUT2D eigenvalue weighted by Crippen LogP contribution is -2.28. The normalized spacial score (nSPS) is 12.9. The topological polar surface area (TPSA) is 20.3 Å². The monoisotopic (exact) mass is 345 g/mol. The average Bonchev–Trinajstić information content (AvgIpc) is 2.84. The van der Waals surface area contributed by atoms with Crippen molar-refractivity contribution in [3.8, 4) is 0 Å². The second-order valence-corrected chi connectivity index (χ2v) is 7.14. The number of fused-ring (bicyclic) bond motifs is 2. The standard InChI is InChI=1S/C22H19NOS/c24-22(16-25-19-10-2-1-3-11-19)23-20-12-6-4-8-17(20)14-15-18-9-5-7-13-21(18)23/h1-13H,14-16H2. The molecular formula is C22H19NOS. The highest BCUT2D eigenvalue weighted by molar-refractivity contribution is 8.00. The van der Waals surface area contributed by atoms with Gasteiger partial charge in [-0.3, -0.25) is 9.69 Å². The third kappa shape index (κ3) is 3.33. The summed E-state index contributed by atoms with van der Waals surface area (Å²) in [5.74, 6) is 0.544. The highest BCUT2D eigenvalue weighted by atomic mass is 32.2. The van der Waals surface area contributed by atoms with Gasteiger partial charge in [0.25, 0.3) is 0 Å². The van der Waals surface area contributed by atoms with Gasteiger partial charge in [-0.05, 0) is 48.2 Å². The molecule has 0 spiro atoms. The third-order valence-electron chi connectivity index (χ3n) is 4.48. The summed E-state index contributed by atoms with van der Waals surface area (Å²) in [5, 5.41) is 0. The van der Waals surface area contributed by atoms with Crippen molar-refractivity contribution in [2.75, 3.05) is 10.7 Å². The molecule has 0 unspecified atom stereocenters. The zero-order chi connectivity index (χ0) is 17.1. The molecule has 3 aromatic rings. The molecule has 0 radical (unpaired) electrons. The number of rotatable bonds is 3. The first-order chi connectivity index (χ1) is 12.3. The van der Waals surface area contributed by atoms with Crippen LogP contribution in [-0.4, -0.2) is 11.7 Å². The number of nitrogens with zero attached hydrogens (tertiary/aromatic N) is 1. The van der Waals surface area contributed by atoms with Crippen molar-refractivity contribution in [3.05, 3.63) is 90.0 Å². The fourth-order valence-corrected chi connectivity index (χ4v) is 4.04. The van der Waals surface area contributed by atoms with Crippen molar-refractivity contribution in [1.29, 1.82) is 0 Å². The Kier molecular flexibility index (Phi) is 4.57. The molecule has 4 rings (SSSR count). The van der Waals surface area contributed by atoms with E-state index in [2.05, 4.69) is 36.4 Å². The first-order valence-electron chi connectivity index (χ1n) is 8.49. The van der Waals surface area contributed by atoms with Gasteiger partial charge in [0.2, 0.25) is 5.91 Å². The van der Waals surface area contributed by atoms with Crippen molar-refractivity contribution in [2.45, 2.75) is 17.7 Å². The Labute approximate surface area is 152 Å². The Hall–Kier alpha value is -2.52. The lowest BCUT2D eigenvalue weighted by Gasteiger charge is -2.25. The van der Waals surface area contributed by atoms with E-state index in [0.717, 1.165) is 29.1 Å². The Morgan fingerprint density at radius 3 is 1.88 bits per heavy atom. The second kappa shape index (κ2) is 7.16. The van der Waals surface area contributed by atoms with Crippen LogP contribution in [0.15, 0.2) is 83.8 Å². The first-order valence-corrected chi connectivity index (χ1v) is 9.48. The maximum Gasteiger partial charge on any atom is 0.241 e. The quantitative estimate of drug-likeness (QED) is 0.605. The number of amides is 1. The van der Waals surface area contributed by atoms with Gasteiger partial charge in [0.15, 0.2) is 0 Å². The number of carbonyl (C=O) groups excluding carboxylic acids is 1. The van der Waals surface area contributed by atoms with Crippen molar-refractivity contribution in [3.63, 3.8) is 0 Å². The number of aryl methyl sites for hydroxylation is 2. The molecule has 1 aliphatic heterocycles. The van der Waals surface area contributed by atoms with Gasteiger partial charge in [-0.25, -0.2) is 0 Å². The van der Waals surface area contributed by atoms with Gasteiger partial charge in [-0.1, -0.05) is 54.6 Å². The molecule has 25 heavy (non-hydrogen) atoms. The molecule has 0 aliphatic carbocycles.